The number of ether oxygens (including phenoxy) is 2. The second-order valence-electron chi connectivity index (χ2n) is 9.95. The van der Waals surface area contributed by atoms with Crippen molar-refractivity contribution >= 4 is 5.97 Å². The highest BCUT2D eigenvalue weighted by molar-refractivity contribution is 5.91. The maximum Gasteiger partial charge on any atom is 0.343 e. The average Bonchev–Trinajstić information content (AvgIpc) is 2.96. The van der Waals surface area contributed by atoms with Crippen molar-refractivity contribution in [3.05, 3.63) is 84.4 Å². The van der Waals surface area contributed by atoms with Gasteiger partial charge in [-0.2, -0.15) is 0 Å². The van der Waals surface area contributed by atoms with Gasteiger partial charge in [0, 0.05) is 18.0 Å². The van der Waals surface area contributed by atoms with Crippen LogP contribution in [-0.4, -0.2) is 15.9 Å². The molecule has 0 amide bonds. The molecule has 0 unspecified atom stereocenters. The summed E-state index contributed by atoms with van der Waals surface area (Å²) in [6, 6.07) is 14.2. The van der Waals surface area contributed by atoms with Gasteiger partial charge in [0.1, 0.15) is 11.5 Å². The Balaban J connectivity index is 1.44. The van der Waals surface area contributed by atoms with Gasteiger partial charge in [0.2, 0.25) is 0 Å². The van der Waals surface area contributed by atoms with Crippen molar-refractivity contribution in [1.82, 2.24) is 9.97 Å². The summed E-state index contributed by atoms with van der Waals surface area (Å²) in [7, 11) is 0. The predicted molar refractivity (Wildman–Crippen MR) is 154 cm³/mol. The van der Waals surface area contributed by atoms with Crippen LogP contribution in [0.2, 0.25) is 0 Å². The van der Waals surface area contributed by atoms with E-state index in [-0.39, 0.29) is 0 Å². The largest absolute Gasteiger partial charge is 0.465 e. The van der Waals surface area contributed by atoms with E-state index in [9.17, 15) is 4.79 Å². The lowest BCUT2D eigenvalue weighted by molar-refractivity contribution is 0.0734. The molecule has 0 aliphatic heterocycles. The predicted octanol–water partition coefficient (Wildman–Crippen LogP) is 8.98. The summed E-state index contributed by atoms with van der Waals surface area (Å²) in [6.45, 7) is 6.77. The quantitative estimate of drug-likeness (QED) is 0.0826. The van der Waals surface area contributed by atoms with Gasteiger partial charge < -0.3 is 9.47 Å². The Labute approximate surface area is 228 Å². The van der Waals surface area contributed by atoms with Gasteiger partial charge in [0.15, 0.2) is 5.82 Å². The maximum atomic E-state index is 12.6. The van der Waals surface area contributed by atoms with Gasteiger partial charge in [0.05, 0.1) is 11.8 Å². The average molecular weight is 515 g/mol. The van der Waals surface area contributed by atoms with Crippen LogP contribution in [0.1, 0.15) is 94.5 Å². The van der Waals surface area contributed by atoms with Crippen LogP contribution >= 0.6 is 0 Å². The molecule has 3 aromatic rings. The number of rotatable bonds is 16. The Morgan fingerprint density at radius 1 is 0.868 bits per heavy atom. The molecule has 0 spiro atoms. The first kappa shape index (κ1) is 29.1. The van der Waals surface area contributed by atoms with Crippen LogP contribution < -0.4 is 9.47 Å². The molecule has 0 aliphatic carbocycles. The van der Waals surface area contributed by atoms with Crippen molar-refractivity contribution in [2.24, 2.45) is 5.92 Å². The van der Waals surface area contributed by atoms with Gasteiger partial charge in [-0.3, -0.25) is 0 Å². The van der Waals surface area contributed by atoms with Crippen LogP contribution in [0.15, 0.2) is 73.3 Å². The van der Waals surface area contributed by atoms with Crippen LogP contribution in [0.3, 0.4) is 0 Å². The number of aromatic nitrogens is 2. The molecule has 0 fully saturated rings. The van der Waals surface area contributed by atoms with Crippen LogP contribution in [0.4, 0.5) is 0 Å². The molecule has 1 atom stereocenters. The monoisotopic (exact) mass is 514 g/mol. The molecule has 38 heavy (non-hydrogen) atoms. The number of hydrogen-bond acceptors (Lipinski definition) is 5. The Morgan fingerprint density at radius 2 is 1.58 bits per heavy atom. The zero-order chi connectivity index (χ0) is 27.0. The van der Waals surface area contributed by atoms with E-state index >= 15 is 0 Å². The highest BCUT2D eigenvalue weighted by Gasteiger charge is 2.10. The topological polar surface area (TPSA) is 61.3 Å². The molecule has 3 rings (SSSR count). The molecule has 5 nitrogen and oxygen atoms in total. The van der Waals surface area contributed by atoms with Crippen molar-refractivity contribution in [1.29, 1.82) is 0 Å². The lowest BCUT2D eigenvalue weighted by atomic mass is 10.00. The molecule has 0 saturated carbocycles. The summed E-state index contributed by atoms with van der Waals surface area (Å²) < 4.78 is 11.2. The van der Waals surface area contributed by atoms with Gasteiger partial charge in [0.25, 0.3) is 0 Å². The first-order valence-corrected chi connectivity index (χ1v) is 14.1. The Hall–Kier alpha value is -3.47. The van der Waals surface area contributed by atoms with Gasteiger partial charge in [-0.05, 0) is 91.8 Å². The summed E-state index contributed by atoms with van der Waals surface area (Å²) in [4.78, 5) is 21.6. The number of allylic oxidation sites excluding steroid dienone is 1. The number of aryl methyl sites for hydroxylation is 1. The van der Waals surface area contributed by atoms with Crippen LogP contribution in [-0.2, 0) is 6.42 Å². The SMILES string of the molecule is CCCCCC/C=C/Oc1ccc(C(=O)Oc2ccc(-c3ncc(CCCC[C@@H](C)CC)cn3)cc2)cc1. The van der Waals surface area contributed by atoms with E-state index in [1.165, 1.54) is 56.9 Å². The van der Waals surface area contributed by atoms with E-state index in [0.29, 0.717) is 22.9 Å². The number of hydrogen-bond donors (Lipinski definition) is 0. The third kappa shape index (κ3) is 10.1. The van der Waals surface area contributed by atoms with Crippen LogP contribution in [0, 0.1) is 5.92 Å². The number of carbonyl (C=O) groups excluding carboxylic acids is 1. The Morgan fingerprint density at radius 3 is 2.26 bits per heavy atom. The molecule has 2 aromatic carbocycles. The zero-order valence-electron chi connectivity index (χ0n) is 23.2. The molecule has 5 heteroatoms. The van der Waals surface area contributed by atoms with E-state index in [4.69, 9.17) is 9.47 Å². The van der Waals surface area contributed by atoms with E-state index < -0.39 is 5.97 Å². The first-order valence-electron chi connectivity index (χ1n) is 14.1. The lowest BCUT2D eigenvalue weighted by Crippen LogP contribution is -2.08. The molecule has 202 valence electrons. The molecule has 0 saturated heterocycles. The minimum absolute atomic E-state index is 0.412. The van der Waals surface area contributed by atoms with Crippen molar-refractivity contribution in [3.63, 3.8) is 0 Å². The van der Waals surface area contributed by atoms with Gasteiger partial charge in [-0.1, -0.05) is 59.3 Å². The van der Waals surface area contributed by atoms with Gasteiger partial charge in [-0.25, -0.2) is 14.8 Å². The fourth-order valence-electron chi connectivity index (χ4n) is 4.05. The van der Waals surface area contributed by atoms with E-state index in [2.05, 4.69) is 30.7 Å². The zero-order valence-corrected chi connectivity index (χ0v) is 23.2. The maximum absolute atomic E-state index is 12.6. The summed E-state index contributed by atoms with van der Waals surface area (Å²) in [5, 5.41) is 0. The fraction of sp³-hybridized carbons (Fsp3) is 0.424. The number of nitrogens with zero attached hydrogens (tertiary/aromatic N) is 2. The number of benzene rings is 2. The molecular formula is C33H42N2O3. The molecular weight excluding hydrogens is 472 g/mol. The summed E-state index contributed by atoms with van der Waals surface area (Å²) in [5.74, 6) is 2.21. The highest BCUT2D eigenvalue weighted by atomic mass is 16.5. The first-order chi connectivity index (χ1) is 18.6. The van der Waals surface area contributed by atoms with Crippen molar-refractivity contribution in [2.45, 2.75) is 85.0 Å². The second-order valence-corrected chi connectivity index (χ2v) is 9.95. The minimum atomic E-state index is -0.412. The van der Waals surface area contributed by atoms with Gasteiger partial charge >= 0.3 is 5.97 Å². The Kier molecular flexibility index (Phi) is 12.5. The summed E-state index contributed by atoms with van der Waals surface area (Å²) >= 11 is 0. The number of unbranched alkanes of at least 4 members (excludes halogenated alkanes) is 5. The molecule has 0 bridgehead atoms. The smallest absolute Gasteiger partial charge is 0.343 e. The van der Waals surface area contributed by atoms with Crippen molar-refractivity contribution < 1.29 is 14.3 Å². The molecule has 0 radical (unpaired) electrons. The van der Waals surface area contributed by atoms with Crippen LogP contribution in [0.5, 0.6) is 11.5 Å². The molecule has 1 aromatic heterocycles. The van der Waals surface area contributed by atoms with E-state index in [1.54, 1.807) is 42.7 Å². The minimum Gasteiger partial charge on any atom is -0.465 e. The molecule has 0 N–H and O–H groups in total. The molecule has 1 heterocycles. The summed E-state index contributed by atoms with van der Waals surface area (Å²) in [5.41, 5.74) is 2.51. The number of carbonyl (C=O) groups is 1. The van der Waals surface area contributed by atoms with E-state index in [1.807, 2.05) is 30.6 Å². The third-order valence-corrected chi connectivity index (χ3v) is 6.75. The third-order valence-electron chi connectivity index (χ3n) is 6.75. The molecule has 0 aliphatic rings. The summed E-state index contributed by atoms with van der Waals surface area (Å²) in [6.07, 6.45) is 19.5. The Bertz CT molecular complexity index is 1110. The number of esters is 1. The standard InChI is InChI=1S/C33H42N2O3/c1-4-6-7-8-9-12-23-37-30-19-17-29(18-20-30)33(36)38-31-21-15-28(16-22-31)32-34-24-27(25-35-32)14-11-10-13-26(3)5-2/h12,15-26H,4-11,13-14H2,1-3H3/b23-12+/t26-/m0/s1. The highest BCUT2D eigenvalue weighted by Crippen LogP contribution is 2.21. The van der Waals surface area contributed by atoms with Crippen molar-refractivity contribution in [2.75, 3.05) is 0 Å². The van der Waals surface area contributed by atoms with Gasteiger partial charge in [-0.15, -0.1) is 0 Å². The fourth-order valence-corrected chi connectivity index (χ4v) is 4.05. The lowest BCUT2D eigenvalue weighted by Gasteiger charge is -2.08. The normalized spacial score (nSPS) is 12.0. The van der Waals surface area contributed by atoms with E-state index in [0.717, 1.165) is 24.3 Å². The van der Waals surface area contributed by atoms with Crippen molar-refractivity contribution in [3.8, 4) is 22.9 Å². The second kappa shape index (κ2) is 16.4. The van der Waals surface area contributed by atoms with Crippen LogP contribution in [0.25, 0.3) is 11.4 Å².